The number of nitrogens with zero attached hydrogens (tertiary/aromatic N) is 2. The Morgan fingerprint density at radius 2 is 1.94 bits per heavy atom. The zero-order valence-corrected chi connectivity index (χ0v) is 8.18. The van der Waals surface area contributed by atoms with E-state index in [1.165, 1.54) is 6.20 Å². The molecular weight excluding hydrogens is 214 g/mol. The fourth-order valence-corrected chi connectivity index (χ4v) is 1.32. The van der Waals surface area contributed by atoms with Crippen LogP contribution in [0, 0.1) is 0 Å². The summed E-state index contributed by atoms with van der Waals surface area (Å²) in [6.45, 7) is -2.59. The fourth-order valence-electron chi connectivity index (χ4n) is 1.32. The molecule has 2 rings (SSSR count). The van der Waals surface area contributed by atoms with E-state index >= 15 is 0 Å². The predicted molar refractivity (Wildman–Crippen MR) is 54.3 cm³/mol. The van der Waals surface area contributed by atoms with Gasteiger partial charge in [0.1, 0.15) is 6.29 Å². The molecule has 2 aromatic rings. The van der Waals surface area contributed by atoms with Gasteiger partial charge < -0.3 is 0 Å². The maximum atomic E-state index is 12.3. The first-order valence-corrected chi connectivity index (χ1v) is 4.58. The minimum absolute atomic E-state index is 0.456. The van der Waals surface area contributed by atoms with Crippen LogP contribution in [0.15, 0.2) is 36.8 Å². The lowest BCUT2D eigenvalue weighted by Crippen LogP contribution is -1.92. The van der Waals surface area contributed by atoms with Crippen molar-refractivity contribution in [3.8, 4) is 11.3 Å². The molecule has 0 spiro atoms. The number of rotatable bonds is 3. The monoisotopic (exact) mass is 222 g/mol. The number of aldehydes is 1. The Balaban J connectivity index is 2.31. The number of carbonyl (C=O) groups excluding carboxylic acids is 1. The van der Waals surface area contributed by atoms with Crippen molar-refractivity contribution in [2.24, 2.45) is 0 Å². The van der Waals surface area contributed by atoms with Crippen molar-refractivity contribution in [3.63, 3.8) is 0 Å². The van der Waals surface area contributed by atoms with Gasteiger partial charge in [-0.25, -0.2) is 4.98 Å². The molecule has 0 saturated carbocycles. The molecule has 3 nitrogen and oxygen atoms in total. The largest absolute Gasteiger partial charge is 0.319 e. The van der Waals surface area contributed by atoms with Crippen molar-refractivity contribution in [3.05, 3.63) is 42.4 Å². The highest BCUT2D eigenvalue weighted by Gasteiger charge is 2.08. The third-order valence-corrected chi connectivity index (χ3v) is 2.17. The fraction of sp³-hybridized carbons (Fsp3) is 0.0909. The van der Waals surface area contributed by atoms with Crippen molar-refractivity contribution in [2.75, 3.05) is 0 Å². The van der Waals surface area contributed by atoms with Gasteiger partial charge in [-0.3, -0.25) is 9.36 Å². The molecule has 0 aliphatic rings. The topological polar surface area (TPSA) is 34.9 Å². The number of aromatic nitrogens is 2. The molecule has 1 aromatic carbocycles. The number of halogens is 2. The molecule has 1 aromatic heterocycles. The number of hydrogen-bond acceptors (Lipinski definition) is 2. The molecule has 0 fully saturated rings. The predicted octanol–water partition coefficient (Wildman–Crippen LogP) is 2.76. The van der Waals surface area contributed by atoms with E-state index in [1.807, 2.05) is 0 Å². The maximum absolute atomic E-state index is 12.3. The molecule has 0 N–H and O–H groups in total. The van der Waals surface area contributed by atoms with E-state index in [9.17, 15) is 13.6 Å². The summed E-state index contributed by atoms with van der Waals surface area (Å²) in [5, 5.41) is 0. The van der Waals surface area contributed by atoms with Gasteiger partial charge in [-0.2, -0.15) is 8.78 Å². The molecule has 0 bridgehead atoms. The van der Waals surface area contributed by atoms with E-state index in [0.29, 0.717) is 16.8 Å². The van der Waals surface area contributed by atoms with Gasteiger partial charge >= 0.3 is 6.55 Å². The van der Waals surface area contributed by atoms with Crippen LogP contribution in [0.1, 0.15) is 16.9 Å². The summed E-state index contributed by atoms with van der Waals surface area (Å²) in [4.78, 5) is 14.3. The van der Waals surface area contributed by atoms with Crippen LogP contribution in [0.3, 0.4) is 0 Å². The lowest BCUT2D eigenvalue weighted by atomic mass is 10.1. The number of alkyl halides is 2. The molecule has 0 radical (unpaired) electrons. The second kappa shape index (κ2) is 4.22. The molecule has 0 aliphatic heterocycles. The van der Waals surface area contributed by atoms with Crippen LogP contribution in [0.4, 0.5) is 8.78 Å². The van der Waals surface area contributed by atoms with Crippen LogP contribution >= 0.6 is 0 Å². The molecular formula is C11H8F2N2O. The van der Waals surface area contributed by atoms with E-state index in [0.717, 1.165) is 17.2 Å². The van der Waals surface area contributed by atoms with E-state index in [1.54, 1.807) is 24.3 Å². The lowest BCUT2D eigenvalue weighted by molar-refractivity contribution is 0.0702. The maximum Gasteiger partial charge on any atom is 0.319 e. The van der Waals surface area contributed by atoms with Crippen molar-refractivity contribution in [2.45, 2.75) is 6.55 Å². The minimum Gasteiger partial charge on any atom is -0.298 e. The van der Waals surface area contributed by atoms with Crippen LogP contribution < -0.4 is 0 Å². The Labute approximate surface area is 90.3 Å². The van der Waals surface area contributed by atoms with Crippen molar-refractivity contribution >= 4 is 6.29 Å². The highest BCUT2D eigenvalue weighted by atomic mass is 19.3. The van der Waals surface area contributed by atoms with Gasteiger partial charge in [0.05, 0.1) is 12.0 Å². The van der Waals surface area contributed by atoms with Gasteiger partial charge in [0.25, 0.3) is 0 Å². The van der Waals surface area contributed by atoms with Crippen LogP contribution in [-0.4, -0.2) is 15.8 Å². The van der Waals surface area contributed by atoms with Crippen LogP contribution in [0.2, 0.25) is 0 Å². The van der Waals surface area contributed by atoms with Crippen molar-refractivity contribution < 1.29 is 13.6 Å². The Hall–Kier alpha value is -2.04. The smallest absolute Gasteiger partial charge is 0.298 e. The number of hydrogen-bond donors (Lipinski definition) is 0. The molecule has 0 amide bonds. The second-order valence-electron chi connectivity index (χ2n) is 3.22. The zero-order chi connectivity index (χ0) is 11.5. The third kappa shape index (κ3) is 1.98. The summed E-state index contributed by atoms with van der Waals surface area (Å²) in [6, 6.07) is 6.57. The summed E-state index contributed by atoms with van der Waals surface area (Å²) >= 11 is 0. The van der Waals surface area contributed by atoms with Gasteiger partial charge in [-0.15, -0.1) is 0 Å². The summed E-state index contributed by atoms with van der Waals surface area (Å²) in [7, 11) is 0. The quantitative estimate of drug-likeness (QED) is 0.748. The number of carbonyl (C=O) groups is 1. The Morgan fingerprint density at radius 3 is 2.44 bits per heavy atom. The van der Waals surface area contributed by atoms with Crippen molar-refractivity contribution in [1.29, 1.82) is 0 Å². The molecule has 82 valence electrons. The first kappa shape index (κ1) is 10.5. The molecule has 0 saturated heterocycles. The summed E-state index contributed by atoms with van der Waals surface area (Å²) in [5.74, 6) is 0. The van der Waals surface area contributed by atoms with E-state index in [2.05, 4.69) is 4.98 Å². The molecule has 0 atom stereocenters. The zero-order valence-electron chi connectivity index (χ0n) is 8.18. The first-order chi connectivity index (χ1) is 7.70. The molecule has 0 unspecified atom stereocenters. The van der Waals surface area contributed by atoms with Crippen LogP contribution in [-0.2, 0) is 0 Å². The van der Waals surface area contributed by atoms with Gasteiger partial charge in [-0.1, -0.05) is 24.3 Å². The highest BCUT2D eigenvalue weighted by Crippen LogP contribution is 2.19. The standard InChI is InChI=1S/C11H8F2N2O/c12-11(13)15-5-10(14-7-15)9-3-1-8(6-16)2-4-9/h1-7,11H. The van der Waals surface area contributed by atoms with Crippen molar-refractivity contribution in [1.82, 2.24) is 9.55 Å². The minimum atomic E-state index is -2.59. The number of imidazole rings is 1. The average molecular weight is 222 g/mol. The molecule has 0 aliphatic carbocycles. The molecule has 16 heavy (non-hydrogen) atoms. The Bertz CT molecular complexity index is 491. The Kier molecular flexibility index (Phi) is 2.76. The van der Waals surface area contributed by atoms with E-state index < -0.39 is 6.55 Å². The molecule has 5 heteroatoms. The molecule has 1 heterocycles. The number of benzene rings is 1. The second-order valence-corrected chi connectivity index (χ2v) is 3.22. The highest BCUT2D eigenvalue weighted by molar-refractivity contribution is 5.76. The third-order valence-electron chi connectivity index (χ3n) is 2.17. The summed E-state index contributed by atoms with van der Waals surface area (Å²) in [5.41, 5.74) is 1.69. The van der Waals surface area contributed by atoms with Gasteiger partial charge in [0.2, 0.25) is 0 Å². The summed E-state index contributed by atoms with van der Waals surface area (Å²) < 4.78 is 25.3. The van der Waals surface area contributed by atoms with E-state index in [-0.39, 0.29) is 0 Å². The van der Waals surface area contributed by atoms with Gasteiger partial charge in [0, 0.05) is 17.3 Å². The normalized spacial score (nSPS) is 10.7. The summed E-state index contributed by atoms with van der Waals surface area (Å²) in [6.07, 6.45) is 3.07. The van der Waals surface area contributed by atoms with Crippen LogP contribution in [0.5, 0.6) is 0 Å². The SMILES string of the molecule is O=Cc1ccc(-c2cn(C(F)F)cn2)cc1. The van der Waals surface area contributed by atoms with E-state index in [4.69, 9.17) is 0 Å². The van der Waals surface area contributed by atoms with Gasteiger partial charge in [-0.05, 0) is 0 Å². The first-order valence-electron chi connectivity index (χ1n) is 4.58. The van der Waals surface area contributed by atoms with Crippen LogP contribution in [0.25, 0.3) is 11.3 Å². The van der Waals surface area contributed by atoms with Gasteiger partial charge in [0.15, 0.2) is 0 Å². The average Bonchev–Trinajstić information content (AvgIpc) is 2.78. The Morgan fingerprint density at radius 1 is 1.25 bits per heavy atom. The lowest BCUT2D eigenvalue weighted by Gasteiger charge is -1.97.